The summed E-state index contributed by atoms with van der Waals surface area (Å²) in [6.45, 7) is 3.97. The van der Waals surface area contributed by atoms with Gasteiger partial charge in [0, 0.05) is 18.7 Å². The number of rotatable bonds is 4. The number of nitrogens with one attached hydrogen (secondary N) is 1. The van der Waals surface area contributed by atoms with Crippen LogP contribution in [0.2, 0.25) is 0 Å². The monoisotopic (exact) mass is 224 g/mol. The maximum atomic E-state index is 11.3. The summed E-state index contributed by atoms with van der Waals surface area (Å²) in [7, 11) is 1.67. The van der Waals surface area contributed by atoms with Crippen LogP contribution in [0.25, 0.3) is 0 Å². The van der Waals surface area contributed by atoms with Gasteiger partial charge in [-0.2, -0.15) is 0 Å². The number of carbonyl (C=O) groups excluding carboxylic acids is 1. The first kappa shape index (κ1) is 12.3. The minimum atomic E-state index is -0.969. The summed E-state index contributed by atoms with van der Waals surface area (Å²) in [5.74, 6) is -1.08. The molecule has 1 heterocycles. The fourth-order valence-corrected chi connectivity index (χ4v) is 1.33. The second kappa shape index (κ2) is 4.83. The Morgan fingerprint density at radius 2 is 2.06 bits per heavy atom. The van der Waals surface area contributed by atoms with Crippen LogP contribution in [0.3, 0.4) is 0 Å². The van der Waals surface area contributed by atoms with Gasteiger partial charge in [-0.05, 0) is 12.1 Å². The Hall–Kier alpha value is -1.78. The molecule has 0 saturated carbocycles. The molecule has 0 radical (unpaired) electrons. The normalized spacial score (nSPS) is 10.5. The largest absolute Gasteiger partial charge is 0.477 e. The first-order chi connectivity index (χ1) is 7.43. The molecule has 2 N–H and O–H groups in total. The maximum Gasteiger partial charge on any atom is 0.352 e. The number of carboxylic acids is 1. The van der Waals surface area contributed by atoms with Crippen LogP contribution in [-0.4, -0.2) is 21.6 Å². The van der Waals surface area contributed by atoms with Gasteiger partial charge < -0.3 is 15.0 Å². The minimum absolute atomic E-state index is 0.0434. The van der Waals surface area contributed by atoms with Crippen LogP contribution in [0.4, 0.5) is 0 Å². The highest BCUT2D eigenvalue weighted by Crippen LogP contribution is 2.07. The van der Waals surface area contributed by atoms with E-state index in [2.05, 4.69) is 5.32 Å². The molecule has 0 fully saturated rings. The molecule has 0 saturated heterocycles. The topological polar surface area (TPSA) is 71.3 Å². The van der Waals surface area contributed by atoms with E-state index in [-0.39, 0.29) is 17.5 Å². The molecule has 0 aliphatic heterocycles. The number of aromatic carboxylic acids is 1. The standard InChI is InChI=1S/C11H16N2O3/c1-7(2)10(14)12-6-8-4-5-9(11(15)16)13(8)3/h4-5,7H,6H2,1-3H3,(H,12,14)(H,15,16). The molecule has 0 aromatic carbocycles. The van der Waals surface area contributed by atoms with Gasteiger partial charge in [-0.15, -0.1) is 0 Å². The number of carbonyl (C=O) groups is 2. The van der Waals surface area contributed by atoms with E-state index < -0.39 is 5.97 Å². The Kier molecular flexibility index (Phi) is 3.71. The van der Waals surface area contributed by atoms with E-state index in [0.717, 1.165) is 5.69 Å². The smallest absolute Gasteiger partial charge is 0.352 e. The van der Waals surface area contributed by atoms with Gasteiger partial charge in [0.1, 0.15) is 5.69 Å². The number of amides is 1. The van der Waals surface area contributed by atoms with Gasteiger partial charge >= 0.3 is 5.97 Å². The number of nitrogens with zero attached hydrogens (tertiary/aromatic N) is 1. The van der Waals surface area contributed by atoms with Gasteiger partial charge in [0.25, 0.3) is 0 Å². The number of hydrogen-bond acceptors (Lipinski definition) is 2. The van der Waals surface area contributed by atoms with Gasteiger partial charge in [0.15, 0.2) is 0 Å². The Labute approximate surface area is 94.1 Å². The van der Waals surface area contributed by atoms with E-state index in [1.807, 2.05) is 13.8 Å². The van der Waals surface area contributed by atoms with Crippen molar-refractivity contribution in [1.82, 2.24) is 9.88 Å². The highest BCUT2D eigenvalue weighted by atomic mass is 16.4. The fourth-order valence-electron chi connectivity index (χ4n) is 1.33. The SMILES string of the molecule is CC(C)C(=O)NCc1ccc(C(=O)O)n1C. The second-order valence-corrected chi connectivity index (χ2v) is 3.95. The fraction of sp³-hybridized carbons (Fsp3) is 0.455. The van der Waals surface area contributed by atoms with E-state index in [1.165, 1.54) is 6.07 Å². The molecular weight excluding hydrogens is 208 g/mol. The number of aromatic nitrogens is 1. The van der Waals surface area contributed by atoms with Crippen molar-refractivity contribution in [1.29, 1.82) is 0 Å². The Morgan fingerprint density at radius 3 is 2.50 bits per heavy atom. The van der Waals surface area contributed by atoms with E-state index in [0.29, 0.717) is 6.54 Å². The van der Waals surface area contributed by atoms with Crippen LogP contribution in [-0.2, 0) is 18.4 Å². The third-order valence-corrected chi connectivity index (χ3v) is 2.41. The van der Waals surface area contributed by atoms with Crippen LogP contribution in [0.15, 0.2) is 12.1 Å². The molecule has 1 aromatic rings. The second-order valence-electron chi connectivity index (χ2n) is 3.95. The van der Waals surface area contributed by atoms with Gasteiger partial charge in [-0.25, -0.2) is 4.79 Å². The molecule has 5 nitrogen and oxygen atoms in total. The third-order valence-electron chi connectivity index (χ3n) is 2.41. The van der Waals surface area contributed by atoms with Crippen LogP contribution in [0, 0.1) is 5.92 Å². The summed E-state index contributed by atoms with van der Waals surface area (Å²) in [4.78, 5) is 22.1. The minimum Gasteiger partial charge on any atom is -0.477 e. The summed E-state index contributed by atoms with van der Waals surface area (Å²) < 4.78 is 1.56. The highest BCUT2D eigenvalue weighted by molar-refractivity contribution is 5.86. The van der Waals surface area contributed by atoms with Gasteiger partial charge in [0.2, 0.25) is 5.91 Å². The molecule has 88 valence electrons. The van der Waals surface area contributed by atoms with Crippen LogP contribution in [0.1, 0.15) is 30.0 Å². The molecule has 1 aromatic heterocycles. The molecule has 16 heavy (non-hydrogen) atoms. The lowest BCUT2D eigenvalue weighted by atomic mass is 10.2. The van der Waals surface area contributed by atoms with Gasteiger partial charge in [-0.3, -0.25) is 4.79 Å². The summed E-state index contributed by atoms with van der Waals surface area (Å²) in [5.41, 5.74) is 0.986. The predicted octanol–water partition coefficient (Wildman–Crippen LogP) is 0.995. The van der Waals surface area contributed by atoms with Crippen LogP contribution < -0.4 is 5.32 Å². The molecule has 5 heteroatoms. The predicted molar refractivity (Wildman–Crippen MR) is 59.1 cm³/mol. The lowest BCUT2D eigenvalue weighted by Gasteiger charge is -2.09. The molecule has 1 rings (SSSR count). The number of hydrogen-bond donors (Lipinski definition) is 2. The molecule has 0 atom stereocenters. The van der Waals surface area contributed by atoms with Crippen molar-refractivity contribution in [3.05, 3.63) is 23.5 Å². The average molecular weight is 224 g/mol. The van der Waals surface area contributed by atoms with Crippen LogP contribution >= 0.6 is 0 Å². The summed E-state index contributed by atoms with van der Waals surface area (Å²) in [5, 5.41) is 11.6. The van der Waals surface area contributed by atoms with Gasteiger partial charge in [-0.1, -0.05) is 13.8 Å². The van der Waals surface area contributed by atoms with Crippen molar-refractivity contribution >= 4 is 11.9 Å². The first-order valence-corrected chi connectivity index (χ1v) is 5.09. The first-order valence-electron chi connectivity index (χ1n) is 5.09. The summed E-state index contributed by atoms with van der Waals surface area (Å²) >= 11 is 0. The van der Waals surface area contributed by atoms with E-state index >= 15 is 0 Å². The molecule has 1 amide bonds. The van der Waals surface area contributed by atoms with Crippen molar-refractivity contribution in [3.8, 4) is 0 Å². The lowest BCUT2D eigenvalue weighted by molar-refractivity contribution is -0.124. The van der Waals surface area contributed by atoms with Gasteiger partial charge in [0.05, 0.1) is 6.54 Å². The summed E-state index contributed by atoms with van der Waals surface area (Å²) in [6, 6.07) is 3.23. The zero-order chi connectivity index (χ0) is 12.3. The van der Waals surface area contributed by atoms with Crippen molar-refractivity contribution in [3.63, 3.8) is 0 Å². The average Bonchev–Trinajstić information content (AvgIpc) is 2.56. The molecule has 0 unspecified atom stereocenters. The molecule has 0 aliphatic carbocycles. The third kappa shape index (κ3) is 2.62. The number of carboxylic acid groups (broad SMARTS) is 1. The van der Waals surface area contributed by atoms with E-state index in [4.69, 9.17) is 5.11 Å². The molecule has 0 spiro atoms. The Morgan fingerprint density at radius 1 is 1.44 bits per heavy atom. The van der Waals surface area contributed by atoms with E-state index in [9.17, 15) is 9.59 Å². The lowest BCUT2D eigenvalue weighted by Crippen LogP contribution is -2.28. The van der Waals surface area contributed by atoms with Crippen molar-refractivity contribution in [2.45, 2.75) is 20.4 Å². The Bertz CT molecular complexity index is 407. The Balaban J connectivity index is 2.69. The quantitative estimate of drug-likeness (QED) is 0.801. The molecule has 0 aliphatic rings. The zero-order valence-corrected chi connectivity index (χ0v) is 9.65. The van der Waals surface area contributed by atoms with Crippen LogP contribution in [0.5, 0.6) is 0 Å². The zero-order valence-electron chi connectivity index (χ0n) is 9.65. The van der Waals surface area contributed by atoms with E-state index in [1.54, 1.807) is 17.7 Å². The highest BCUT2D eigenvalue weighted by Gasteiger charge is 2.12. The molecule has 0 bridgehead atoms. The van der Waals surface area contributed by atoms with Crippen molar-refractivity contribution in [2.24, 2.45) is 13.0 Å². The summed E-state index contributed by atoms with van der Waals surface area (Å²) in [6.07, 6.45) is 0. The molecular formula is C11H16N2O3. The van der Waals surface area contributed by atoms with Crippen molar-refractivity contribution in [2.75, 3.05) is 0 Å². The maximum absolute atomic E-state index is 11.3. The van der Waals surface area contributed by atoms with Crippen molar-refractivity contribution < 1.29 is 14.7 Å².